The molecule has 0 aliphatic rings. The second-order valence-corrected chi connectivity index (χ2v) is 0. The Hall–Kier alpha value is 2.50. The van der Waals surface area contributed by atoms with Crippen LogP contribution in [-0.4, -0.2) is 85.6 Å². The van der Waals surface area contributed by atoms with Gasteiger partial charge >= 0.3 is 0 Å². The Bertz CT molecular complexity index is 8.00. The van der Waals surface area contributed by atoms with Gasteiger partial charge in [-0.25, -0.2) is 0 Å². The summed E-state index contributed by atoms with van der Waals surface area (Å²) in [7, 11) is 0. The smallest absolute Gasteiger partial charge is 0 e. The molecule has 20 valence electrons. The standard InChI is InChI=1S/Ge.H2O.Se.Sr/h;1H2;;. The van der Waals surface area contributed by atoms with Crippen LogP contribution in [0, 0.1) is 0 Å². The van der Waals surface area contributed by atoms with E-state index >= 15 is 0 Å². The summed E-state index contributed by atoms with van der Waals surface area (Å²) in [6.45, 7) is 0. The van der Waals surface area contributed by atoms with Gasteiger partial charge in [-0.2, -0.15) is 0 Å². The van der Waals surface area contributed by atoms with Crippen molar-refractivity contribution >= 4 is 80.1 Å². The molecule has 0 fully saturated rings. The van der Waals surface area contributed by atoms with E-state index in [0.29, 0.717) is 0 Å². The fourth-order valence-electron chi connectivity index (χ4n) is 0. The molecule has 0 unspecified atom stereocenters. The molecule has 0 aromatic carbocycles. The number of rotatable bonds is 0. The van der Waals surface area contributed by atoms with Gasteiger partial charge in [-0.1, -0.05) is 0 Å². The number of hydrogen-bond donors (Lipinski definition) is 0. The van der Waals surface area contributed by atoms with Crippen molar-refractivity contribution in [1.29, 1.82) is 0 Å². The van der Waals surface area contributed by atoms with Crippen LogP contribution < -0.4 is 0 Å². The van der Waals surface area contributed by atoms with Crippen LogP contribution in [0.5, 0.6) is 0 Å². The molecule has 1 nitrogen and oxygen atoms in total. The van der Waals surface area contributed by atoms with Crippen LogP contribution in [-0.2, 0) is 0 Å². The van der Waals surface area contributed by atoms with Gasteiger partial charge in [0.25, 0.3) is 0 Å². The van der Waals surface area contributed by atoms with Crippen molar-refractivity contribution in [2.45, 2.75) is 0 Å². The predicted molar refractivity (Wildman–Crippen MR) is 20.9 cm³/mol. The second kappa shape index (κ2) is 17.8. The molecular weight excluding hydrogens is 255 g/mol. The molecule has 0 heterocycles. The molecule has 8 radical (unpaired) electrons. The maximum atomic E-state index is 0. The molecule has 0 bridgehead atoms. The molecule has 4 heteroatoms. The van der Waals surface area contributed by atoms with Crippen molar-refractivity contribution < 1.29 is 5.48 Å². The van der Waals surface area contributed by atoms with Crippen molar-refractivity contribution in [3.05, 3.63) is 0 Å². The second-order valence-electron chi connectivity index (χ2n) is 0. The van der Waals surface area contributed by atoms with E-state index in [2.05, 4.69) is 0 Å². The Kier molecular flexibility index (Phi) is 140. The molecule has 0 aliphatic heterocycles. The Morgan fingerprint density at radius 2 is 1.00 bits per heavy atom. The summed E-state index contributed by atoms with van der Waals surface area (Å²) in [5.41, 5.74) is 0. The van der Waals surface area contributed by atoms with Gasteiger partial charge in [-0.3, -0.25) is 0 Å². The van der Waals surface area contributed by atoms with E-state index in [0.717, 1.165) is 0 Å². The molecule has 0 aromatic rings. The van der Waals surface area contributed by atoms with E-state index in [1.54, 1.807) is 0 Å². The van der Waals surface area contributed by atoms with Gasteiger partial charge in [-0.05, 0) is 0 Å². The Morgan fingerprint density at radius 1 is 1.00 bits per heavy atom. The quantitative estimate of drug-likeness (QED) is 0.451. The van der Waals surface area contributed by atoms with Crippen molar-refractivity contribution in [3.8, 4) is 0 Å². The molecule has 0 amide bonds. The fourth-order valence-corrected chi connectivity index (χ4v) is 0. The first kappa shape index (κ1) is 31.4. The summed E-state index contributed by atoms with van der Waals surface area (Å²) in [6, 6.07) is 0. The van der Waals surface area contributed by atoms with E-state index in [-0.39, 0.29) is 85.6 Å². The van der Waals surface area contributed by atoms with Crippen molar-refractivity contribution in [2.24, 2.45) is 0 Å². The zero-order valence-electron chi connectivity index (χ0n) is 2.12. The molecule has 0 saturated carbocycles. The van der Waals surface area contributed by atoms with Crippen LogP contribution in [0.3, 0.4) is 0 Å². The van der Waals surface area contributed by atoms with Gasteiger partial charge in [0.15, 0.2) is 0 Å². The minimum absolute atomic E-state index is 0. The van der Waals surface area contributed by atoms with E-state index < -0.39 is 0 Å². The average Bonchev–Trinajstić information content (AvgIpc) is 0. The van der Waals surface area contributed by atoms with Gasteiger partial charge in [0.05, 0.1) is 0 Å². The van der Waals surface area contributed by atoms with Crippen LogP contribution in [0.25, 0.3) is 0 Å². The zero-order valence-corrected chi connectivity index (χ0v) is 9.40. The van der Waals surface area contributed by atoms with Crippen LogP contribution in [0.1, 0.15) is 0 Å². The SMILES string of the molecule is O.[Ge].[Se].[Sr]. The van der Waals surface area contributed by atoms with Crippen LogP contribution in [0.4, 0.5) is 0 Å². The predicted octanol–water partition coefficient (Wildman–Crippen LogP) is -1.97. The third kappa shape index (κ3) is 8.82. The summed E-state index contributed by atoms with van der Waals surface area (Å²) < 4.78 is 0. The molecule has 0 aromatic heterocycles. The Balaban J connectivity index is 0. The summed E-state index contributed by atoms with van der Waals surface area (Å²) in [6.07, 6.45) is 0. The first-order valence-electron chi connectivity index (χ1n) is 0. The molecule has 0 rings (SSSR count). The molecular formula is H2GeOSeSr. The third-order valence-corrected chi connectivity index (χ3v) is 0. The Morgan fingerprint density at radius 3 is 1.00 bits per heavy atom. The van der Waals surface area contributed by atoms with Crippen LogP contribution >= 0.6 is 0 Å². The van der Waals surface area contributed by atoms with Gasteiger partial charge in [-0.15, -0.1) is 0 Å². The van der Waals surface area contributed by atoms with Gasteiger partial charge < -0.3 is 5.48 Å². The van der Waals surface area contributed by atoms with E-state index in [9.17, 15) is 0 Å². The largest absolute Gasteiger partial charge is 0.412 e. The normalized spacial score (nSPS) is 0. The summed E-state index contributed by atoms with van der Waals surface area (Å²) in [5, 5.41) is 0. The minimum atomic E-state index is 0. The zero-order chi connectivity index (χ0) is 0. The summed E-state index contributed by atoms with van der Waals surface area (Å²) >= 11 is 0. The monoisotopic (exact) mass is 260 g/mol. The average molecular weight is 257 g/mol. The molecule has 0 spiro atoms. The van der Waals surface area contributed by atoms with Crippen molar-refractivity contribution in [2.75, 3.05) is 0 Å². The van der Waals surface area contributed by atoms with E-state index in [4.69, 9.17) is 0 Å². The summed E-state index contributed by atoms with van der Waals surface area (Å²) in [4.78, 5) is 0. The van der Waals surface area contributed by atoms with E-state index in [1.165, 1.54) is 0 Å². The fraction of sp³-hybridized carbons (Fsp3) is 0. The van der Waals surface area contributed by atoms with Crippen LogP contribution in [0.15, 0.2) is 0 Å². The maximum absolute atomic E-state index is 0. The van der Waals surface area contributed by atoms with Crippen LogP contribution in [0.2, 0.25) is 0 Å². The topological polar surface area (TPSA) is 31.5 Å². The van der Waals surface area contributed by atoms with Crippen molar-refractivity contribution in [1.82, 2.24) is 0 Å². The maximum Gasteiger partial charge on any atom is 0 e. The number of hydrogen-bond acceptors (Lipinski definition) is 0. The molecule has 2 N–H and O–H groups in total. The molecule has 4 heavy (non-hydrogen) atoms. The molecule has 0 aliphatic carbocycles. The van der Waals surface area contributed by atoms with Gasteiger partial charge in [0, 0.05) is 80.1 Å². The Labute approximate surface area is 83.9 Å². The summed E-state index contributed by atoms with van der Waals surface area (Å²) in [5.74, 6) is 0. The molecule has 0 atom stereocenters. The minimum Gasteiger partial charge on any atom is -0.412 e. The molecule has 0 saturated heterocycles. The van der Waals surface area contributed by atoms with E-state index in [1.807, 2.05) is 0 Å². The first-order valence-corrected chi connectivity index (χ1v) is 0. The van der Waals surface area contributed by atoms with Crippen molar-refractivity contribution in [3.63, 3.8) is 0 Å². The van der Waals surface area contributed by atoms with Gasteiger partial charge in [0.2, 0.25) is 0 Å². The third-order valence-electron chi connectivity index (χ3n) is 0. The first-order chi connectivity index (χ1) is 0. The van der Waals surface area contributed by atoms with Gasteiger partial charge in [0.1, 0.15) is 0 Å².